The van der Waals surface area contributed by atoms with Crippen LogP contribution in [0, 0.1) is 0 Å². The largest absolute Gasteiger partial charge is 0.465 e. The number of carbonyl (C=O) groups excluding carboxylic acids is 2. The van der Waals surface area contributed by atoms with E-state index in [0.29, 0.717) is 11.3 Å². The molecular weight excluding hydrogens is 388 g/mol. The van der Waals surface area contributed by atoms with Gasteiger partial charge < -0.3 is 14.0 Å². The molecule has 7 heteroatoms. The molecule has 0 spiro atoms. The number of benzene rings is 2. The third-order valence-electron chi connectivity index (χ3n) is 4.53. The summed E-state index contributed by atoms with van der Waals surface area (Å²) in [5.74, 6) is -0.0388. The van der Waals surface area contributed by atoms with E-state index in [-0.39, 0.29) is 24.6 Å². The number of hydrogen-bond acceptors (Lipinski definition) is 6. The van der Waals surface area contributed by atoms with Crippen molar-refractivity contribution in [3.05, 3.63) is 59.7 Å². The maximum absolute atomic E-state index is 12.4. The zero-order valence-electron chi connectivity index (χ0n) is 16.8. The fourth-order valence-corrected chi connectivity index (χ4v) is 3.80. The van der Waals surface area contributed by atoms with Crippen LogP contribution < -0.4 is 0 Å². The average molecular weight is 413 g/mol. The molecule has 3 rings (SSSR count). The molecule has 1 aromatic heterocycles. The van der Waals surface area contributed by atoms with E-state index in [4.69, 9.17) is 9.47 Å². The lowest BCUT2D eigenvalue weighted by molar-refractivity contribution is -0.149. The number of fused-ring (bicyclic) bond motifs is 1. The van der Waals surface area contributed by atoms with E-state index in [2.05, 4.69) is 4.98 Å². The van der Waals surface area contributed by atoms with Gasteiger partial charge in [-0.15, -0.1) is 0 Å². The summed E-state index contributed by atoms with van der Waals surface area (Å²) in [6, 6.07) is 15.0. The van der Waals surface area contributed by atoms with Crippen LogP contribution in [0.3, 0.4) is 0 Å². The van der Waals surface area contributed by atoms with Crippen LogP contribution in [0.1, 0.15) is 36.2 Å². The van der Waals surface area contributed by atoms with Gasteiger partial charge in [0.05, 0.1) is 29.8 Å². The lowest BCUT2D eigenvalue weighted by atomic mass is 10.1. The predicted molar refractivity (Wildman–Crippen MR) is 113 cm³/mol. The second-order valence-corrected chi connectivity index (χ2v) is 7.60. The van der Waals surface area contributed by atoms with E-state index >= 15 is 0 Å². The van der Waals surface area contributed by atoms with Gasteiger partial charge in [0.15, 0.2) is 5.16 Å². The number of rotatable bonds is 8. The number of nitrogens with zero attached hydrogens (tertiary/aromatic N) is 2. The standard InChI is InChI=1S/C22H24N2O4S/c1-4-15(2)28-20(25)13-24-19-11-6-5-10-18(19)23-22(24)29-14-16-8-7-9-17(12-16)21(26)27-3/h5-12,15H,4,13-14H2,1-3H3. The van der Waals surface area contributed by atoms with Crippen molar-refractivity contribution in [2.45, 2.75) is 43.8 Å². The van der Waals surface area contributed by atoms with Crippen LogP contribution in [0.15, 0.2) is 53.7 Å². The van der Waals surface area contributed by atoms with Crippen molar-refractivity contribution >= 4 is 34.7 Å². The van der Waals surface area contributed by atoms with Crippen molar-refractivity contribution in [2.75, 3.05) is 7.11 Å². The highest BCUT2D eigenvalue weighted by Gasteiger charge is 2.16. The summed E-state index contributed by atoms with van der Waals surface area (Å²) < 4.78 is 12.1. The van der Waals surface area contributed by atoms with Crippen molar-refractivity contribution in [1.29, 1.82) is 0 Å². The van der Waals surface area contributed by atoms with Crippen LogP contribution in [0.25, 0.3) is 11.0 Å². The molecule has 0 N–H and O–H groups in total. The van der Waals surface area contributed by atoms with E-state index in [1.54, 1.807) is 6.07 Å². The fraction of sp³-hybridized carbons (Fsp3) is 0.318. The molecule has 0 radical (unpaired) electrons. The second kappa shape index (κ2) is 9.60. The number of esters is 2. The molecule has 2 aromatic carbocycles. The first kappa shape index (κ1) is 20.9. The maximum atomic E-state index is 12.4. The van der Waals surface area contributed by atoms with Crippen LogP contribution in [-0.2, 0) is 26.6 Å². The molecule has 0 aliphatic heterocycles. The number of imidazole rings is 1. The monoisotopic (exact) mass is 412 g/mol. The first-order valence-electron chi connectivity index (χ1n) is 9.46. The average Bonchev–Trinajstić information content (AvgIpc) is 3.09. The Morgan fingerprint density at radius 2 is 1.97 bits per heavy atom. The Hall–Kier alpha value is -2.80. The number of aromatic nitrogens is 2. The van der Waals surface area contributed by atoms with Gasteiger partial charge >= 0.3 is 11.9 Å². The van der Waals surface area contributed by atoms with Gasteiger partial charge in [0.25, 0.3) is 0 Å². The minimum absolute atomic E-state index is 0.107. The summed E-state index contributed by atoms with van der Waals surface area (Å²) in [7, 11) is 1.37. The molecule has 152 valence electrons. The van der Waals surface area contributed by atoms with Crippen molar-refractivity contribution < 1.29 is 19.1 Å². The van der Waals surface area contributed by atoms with Gasteiger partial charge in [-0.2, -0.15) is 0 Å². The van der Waals surface area contributed by atoms with E-state index in [9.17, 15) is 9.59 Å². The lowest BCUT2D eigenvalue weighted by Gasteiger charge is -2.13. The minimum Gasteiger partial charge on any atom is -0.465 e. The third-order valence-corrected chi connectivity index (χ3v) is 5.58. The van der Waals surface area contributed by atoms with Crippen LogP contribution in [0.2, 0.25) is 0 Å². The summed E-state index contributed by atoms with van der Waals surface area (Å²) in [6.45, 7) is 3.97. The number of thioether (sulfide) groups is 1. The van der Waals surface area contributed by atoms with Crippen molar-refractivity contribution in [1.82, 2.24) is 9.55 Å². The van der Waals surface area contributed by atoms with E-state index in [0.717, 1.165) is 28.2 Å². The van der Waals surface area contributed by atoms with Gasteiger partial charge in [-0.05, 0) is 43.2 Å². The number of methoxy groups -OCH3 is 1. The highest BCUT2D eigenvalue weighted by atomic mass is 32.2. The van der Waals surface area contributed by atoms with Crippen LogP contribution in [0.5, 0.6) is 0 Å². The minimum atomic E-state index is -0.364. The molecule has 0 bridgehead atoms. The zero-order valence-corrected chi connectivity index (χ0v) is 17.6. The highest BCUT2D eigenvalue weighted by molar-refractivity contribution is 7.98. The first-order valence-corrected chi connectivity index (χ1v) is 10.4. The van der Waals surface area contributed by atoms with Crippen molar-refractivity contribution in [3.8, 4) is 0 Å². The van der Waals surface area contributed by atoms with Crippen molar-refractivity contribution in [3.63, 3.8) is 0 Å². The van der Waals surface area contributed by atoms with E-state index in [1.165, 1.54) is 18.9 Å². The molecule has 0 amide bonds. The molecule has 0 saturated heterocycles. The van der Waals surface area contributed by atoms with Gasteiger partial charge in [0.1, 0.15) is 6.54 Å². The molecule has 6 nitrogen and oxygen atoms in total. The van der Waals surface area contributed by atoms with Crippen molar-refractivity contribution in [2.24, 2.45) is 0 Å². The van der Waals surface area contributed by atoms with E-state index in [1.807, 2.05) is 60.9 Å². The Morgan fingerprint density at radius 1 is 1.17 bits per heavy atom. The Kier molecular flexibility index (Phi) is 6.93. The van der Waals surface area contributed by atoms with Gasteiger partial charge in [-0.25, -0.2) is 9.78 Å². The molecule has 1 unspecified atom stereocenters. The molecular formula is C22H24N2O4S. The predicted octanol–water partition coefficient (Wildman–Crippen LogP) is 4.46. The van der Waals surface area contributed by atoms with Gasteiger partial charge in [0, 0.05) is 5.75 Å². The summed E-state index contributed by atoms with van der Waals surface area (Å²) >= 11 is 1.51. The Bertz CT molecular complexity index is 1010. The molecule has 1 heterocycles. The number of ether oxygens (including phenoxy) is 2. The summed E-state index contributed by atoms with van der Waals surface area (Å²) in [5, 5.41) is 0.732. The fourth-order valence-electron chi connectivity index (χ4n) is 2.84. The zero-order chi connectivity index (χ0) is 20.8. The topological polar surface area (TPSA) is 70.4 Å². The number of hydrogen-bond donors (Lipinski definition) is 0. The van der Waals surface area contributed by atoms with Crippen LogP contribution in [-0.4, -0.2) is 34.7 Å². The summed E-state index contributed by atoms with van der Waals surface area (Å²) in [4.78, 5) is 28.8. The number of para-hydroxylation sites is 2. The SMILES string of the molecule is CCC(C)OC(=O)Cn1c(SCc2cccc(C(=O)OC)c2)nc2ccccc21. The molecule has 3 aromatic rings. The first-order chi connectivity index (χ1) is 14.0. The molecule has 1 atom stereocenters. The van der Waals surface area contributed by atoms with Crippen LogP contribution in [0.4, 0.5) is 0 Å². The quantitative estimate of drug-likeness (QED) is 0.402. The van der Waals surface area contributed by atoms with Gasteiger partial charge in [-0.1, -0.05) is 43.0 Å². The summed E-state index contributed by atoms with van der Waals surface area (Å²) in [6.07, 6.45) is 0.656. The smallest absolute Gasteiger partial charge is 0.337 e. The normalized spacial score (nSPS) is 12.0. The lowest BCUT2D eigenvalue weighted by Crippen LogP contribution is -2.19. The third kappa shape index (κ3) is 5.17. The van der Waals surface area contributed by atoms with E-state index < -0.39 is 0 Å². The molecule has 0 fully saturated rings. The second-order valence-electron chi connectivity index (χ2n) is 6.66. The highest BCUT2D eigenvalue weighted by Crippen LogP contribution is 2.27. The molecule has 0 saturated carbocycles. The Balaban J connectivity index is 1.82. The Labute approximate surface area is 174 Å². The van der Waals surface area contributed by atoms with Crippen LogP contribution >= 0.6 is 11.8 Å². The van der Waals surface area contributed by atoms with Gasteiger partial charge in [-0.3, -0.25) is 4.79 Å². The molecule has 0 aliphatic carbocycles. The maximum Gasteiger partial charge on any atom is 0.337 e. The number of carbonyl (C=O) groups is 2. The summed E-state index contributed by atoms with van der Waals surface area (Å²) in [5.41, 5.74) is 3.20. The Morgan fingerprint density at radius 3 is 2.72 bits per heavy atom. The molecule has 29 heavy (non-hydrogen) atoms. The molecule has 0 aliphatic rings. The van der Waals surface area contributed by atoms with Gasteiger partial charge in [0.2, 0.25) is 0 Å².